The van der Waals surface area contributed by atoms with Gasteiger partial charge in [-0.1, -0.05) is 36.8 Å². The number of carboxylic acid groups (broad SMARTS) is 1. The lowest BCUT2D eigenvalue weighted by molar-refractivity contribution is -0.145. The van der Waals surface area contributed by atoms with Gasteiger partial charge in [-0.2, -0.15) is 0 Å². The summed E-state index contributed by atoms with van der Waals surface area (Å²) in [5, 5.41) is 33.8. The van der Waals surface area contributed by atoms with Gasteiger partial charge in [0, 0.05) is 19.5 Å². The maximum Gasteiger partial charge on any atom is 0.326 e. The molecule has 22 nitrogen and oxygen atoms in total. The van der Waals surface area contributed by atoms with Crippen LogP contribution < -0.4 is 54.8 Å². The first kappa shape index (κ1) is 47.3. The first-order valence-electron chi connectivity index (χ1n) is 18.6. The number of hydrogen-bond donors (Lipinski definition) is 12. The van der Waals surface area contributed by atoms with E-state index in [0.29, 0.717) is 44.2 Å². The van der Waals surface area contributed by atoms with Crippen molar-refractivity contribution in [3.63, 3.8) is 0 Å². The molecule has 0 aliphatic carbocycles. The van der Waals surface area contributed by atoms with Crippen LogP contribution >= 0.6 is 0 Å². The van der Waals surface area contributed by atoms with Crippen molar-refractivity contribution in [1.82, 2.24) is 36.8 Å². The molecular weight excluding hydrogens is 748 g/mol. The Hall–Kier alpha value is -5.87. The predicted molar refractivity (Wildman–Crippen MR) is 205 cm³/mol. The van der Waals surface area contributed by atoms with E-state index in [1.807, 2.05) is 0 Å². The minimum atomic E-state index is -1.47. The fourth-order valence-electron chi connectivity index (χ4n) is 5.72. The molecule has 0 saturated carbocycles. The number of rotatable bonds is 25. The lowest BCUT2D eigenvalue weighted by Crippen LogP contribution is -2.57. The van der Waals surface area contributed by atoms with Crippen molar-refractivity contribution in [3.05, 3.63) is 35.9 Å². The average molecular weight is 805 g/mol. The number of hydrogen-bond acceptors (Lipinski definition) is 12. The van der Waals surface area contributed by atoms with Crippen LogP contribution in [0.15, 0.2) is 35.3 Å². The maximum atomic E-state index is 13.3. The van der Waals surface area contributed by atoms with Crippen molar-refractivity contribution in [2.24, 2.45) is 27.9 Å². The third-order valence-electron chi connectivity index (χ3n) is 8.75. The van der Waals surface area contributed by atoms with Crippen molar-refractivity contribution in [3.8, 4) is 0 Å². The summed E-state index contributed by atoms with van der Waals surface area (Å²) in [5.41, 5.74) is 22.8. The van der Waals surface area contributed by atoms with Crippen LogP contribution in [0, 0.1) is 0 Å². The number of unbranched alkanes of at least 4 members (excludes halogenated alkanes) is 1. The lowest BCUT2D eigenvalue weighted by Gasteiger charge is -2.28. The molecule has 1 saturated heterocycles. The van der Waals surface area contributed by atoms with Gasteiger partial charge in [0.25, 0.3) is 0 Å². The van der Waals surface area contributed by atoms with Crippen molar-refractivity contribution in [2.75, 3.05) is 45.9 Å². The zero-order chi connectivity index (χ0) is 42.3. The van der Waals surface area contributed by atoms with Crippen LogP contribution in [-0.2, 0) is 44.8 Å². The second kappa shape index (κ2) is 25.3. The van der Waals surface area contributed by atoms with Gasteiger partial charge in [0.1, 0.15) is 24.2 Å². The van der Waals surface area contributed by atoms with Crippen LogP contribution in [0.4, 0.5) is 0 Å². The number of aliphatic hydroxyl groups excluding tert-OH is 1. The third-order valence-corrected chi connectivity index (χ3v) is 8.75. The molecule has 0 unspecified atom stereocenters. The number of likely N-dealkylation sites (tertiary alicyclic amines) is 1. The molecule has 1 fully saturated rings. The molecule has 16 N–H and O–H groups in total. The standard InChI is InChI=1S/C35H56N12O10/c36-13-5-4-10-22(37)30(52)45-23(11-6-14-40-35(38)39)31(53)43-18-28(50)41-17-27(49)42-19-29(51)44-25(20-48)33(55)47-15-7-12-26(47)32(54)46-24(34(56)57)16-21-8-2-1-3-9-21/h1-3,8-9,22-26,48H,4-7,10-20,36-37H2,(H,41,50)(H,42,49)(H,43,53)(H,44,51)(H,45,52)(H,46,54)(H,56,57)(H4,38,39,40)/t22-,23-,24-,25-,26-/m0/s1. The van der Waals surface area contributed by atoms with E-state index in [-0.39, 0.29) is 38.3 Å². The summed E-state index contributed by atoms with van der Waals surface area (Å²) >= 11 is 0. The van der Waals surface area contributed by atoms with Gasteiger partial charge in [0.05, 0.1) is 32.3 Å². The number of nitrogens with two attached hydrogens (primary N) is 4. The van der Waals surface area contributed by atoms with Gasteiger partial charge in [0.15, 0.2) is 5.96 Å². The minimum Gasteiger partial charge on any atom is -0.480 e. The Bertz CT molecular complexity index is 1560. The second-order valence-electron chi connectivity index (χ2n) is 13.3. The van der Waals surface area contributed by atoms with Gasteiger partial charge in [-0.3, -0.25) is 38.6 Å². The van der Waals surface area contributed by atoms with Gasteiger partial charge in [-0.25, -0.2) is 4.79 Å². The molecule has 57 heavy (non-hydrogen) atoms. The summed E-state index contributed by atoms with van der Waals surface area (Å²) in [4.78, 5) is 106. The number of amides is 7. The summed E-state index contributed by atoms with van der Waals surface area (Å²) in [6, 6.07) is 2.95. The molecule has 0 radical (unpaired) electrons. The van der Waals surface area contributed by atoms with E-state index in [0.717, 1.165) is 4.90 Å². The van der Waals surface area contributed by atoms with Gasteiger partial charge in [-0.05, 0) is 50.6 Å². The molecule has 1 aliphatic heterocycles. The molecule has 0 aromatic heterocycles. The highest BCUT2D eigenvalue weighted by atomic mass is 16.4. The summed E-state index contributed by atoms with van der Waals surface area (Å²) in [5.74, 6) is -6.57. The second-order valence-corrected chi connectivity index (χ2v) is 13.3. The summed E-state index contributed by atoms with van der Waals surface area (Å²) in [6.45, 7) is -1.89. The molecule has 7 amide bonds. The zero-order valence-electron chi connectivity index (χ0n) is 31.7. The fraction of sp³-hybridized carbons (Fsp3) is 0.571. The molecule has 1 aromatic carbocycles. The van der Waals surface area contributed by atoms with E-state index in [9.17, 15) is 48.6 Å². The number of guanidine groups is 1. The van der Waals surface area contributed by atoms with E-state index in [2.05, 4.69) is 36.9 Å². The highest BCUT2D eigenvalue weighted by molar-refractivity contribution is 5.95. The van der Waals surface area contributed by atoms with Crippen molar-refractivity contribution in [1.29, 1.82) is 0 Å². The quantitative estimate of drug-likeness (QED) is 0.0250. The van der Waals surface area contributed by atoms with Crippen LogP contribution in [0.3, 0.4) is 0 Å². The number of aliphatic carboxylic acids is 1. The summed E-state index contributed by atoms with van der Waals surface area (Å²) < 4.78 is 0. The number of benzene rings is 1. The third kappa shape index (κ3) is 17.6. The Balaban J connectivity index is 1.83. The normalized spacial score (nSPS) is 15.5. The SMILES string of the molecule is NCCCC[C@H](N)C(=O)N[C@@H](CCCN=C(N)N)C(=O)NCC(=O)NCC(=O)NCC(=O)N[C@@H](CO)C(=O)N1CCC[C@H]1C(=O)N[C@@H](Cc1ccccc1)C(=O)O. The first-order valence-corrected chi connectivity index (χ1v) is 18.6. The molecule has 316 valence electrons. The molecular formula is C35H56N12O10. The van der Waals surface area contributed by atoms with Crippen LogP contribution in [-0.4, -0.2) is 144 Å². The molecule has 2 rings (SSSR count). The Labute approximate surface area is 329 Å². The van der Waals surface area contributed by atoms with E-state index in [1.54, 1.807) is 30.3 Å². The van der Waals surface area contributed by atoms with Gasteiger partial charge >= 0.3 is 5.97 Å². The van der Waals surface area contributed by atoms with Crippen LogP contribution in [0.2, 0.25) is 0 Å². The van der Waals surface area contributed by atoms with E-state index < -0.39 is 104 Å². The van der Waals surface area contributed by atoms with Crippen molar-refractivity contribution >= 4 is 53.3 Å². The average Bonchev–Trinajstić information content (AvgIpc) is 3.68. The van der Waals surface area contributed by atoms with E-state index in [4.69, 9.17) is 22.9 Å². The van der Waals surface area contributed by atoms with Gasteiger partial charge in [0.2, 0.25) is 41.4 Å². The van der Waals surface area contributed by atoms with Crippen molar-refractivity contribution in [2.45, 2.75) is 81.6 Å². The highest BCUT2D eigenvalue weighted by Gasteiger charge is 2.38. The Morgan fingerprint density at radius 1 is 0.789 bits per heavy atom. The monoisotopic (exact) mass is 804 g/mol. The first-order chi connectivity index (χ1) is 27.2. The molecule has 0 bridgehead atoms. The van der Waals surface area contributed by atoms with Crippen LogP contribution in [0.5, 0.6) is 0 Å². The van der Waals surface area contributed by atoms with Gasteiger partial charge in [-0.15, -0.1) is 0 Å². The molecule has 0 spiro atoms. The minimum absolute atomic E-state index is 0.0154. The number of carboxylic acids is 1. The van der Waals surface area contributed by atoms with E-state index in [1.165, 1.54) is 0 Å². The summed E-state index contributed by atoms with van der Waals surface area (Å²) in [6.07, 6.45) is 2.74. The summed E-state index contributed by atoms with van der Waals surface area (Å²) in [7, 11) is 0. The number of nitrogens with one attached hydrogen (secondary N) is 6. The molecule has 5 atom stereocenters. The molecule has 1 heterocycles. The zero-order valence-corrected chi connectivity index (χ0v) is 31.7. The Morgan fingerprint density at radius 3 is 2.05 bits per heavy atom. The number of carbonyl (C=O) groups excluding carboxylic acids is 7. The Kier molecular flexibility index (Phi) is 21.0. The van der Waals surface area contributed by atoms with Crippen molar-refractivity contribution < 1.29 is 48.6 Å². The Morgan fingerprint density at radius 2 is 1.44 bits per heavy atom. The number of aliphatic hydroxyl groups is 1. The lowest BCUT2D eigenvalue weighted by atomic mass is 10.1. The molecule has 1 aromatic rings. The number of nitrogens with zero attached hydrogens (tertiary/aromatic N) is 2. The van der Waals surface area contributed by atoms with Crippen LogP contribution in [0.25, 0.3) is 0 Å². The fourth-order valence-corrected chi connectivity index (χ4v) is 5.72. The smallest absolute Gasteiger partial charge is 0.326 e. The number of carbonyl (C=O) groups is 8. The predicted octanol–water partition coefficient (Wildman–Crippen LogP) is -5.39. The van der Waals surface area contributed by atoms with Gasteiger partial charge < -0.3 is 69.9 Å². The number of aliphatic imine (C=N–C) groups is 1. The highest BCUT2D eigenvalue weighted by Crippen LogP contribution is 2.19. The molecule has 22 heteroatoms. The molecule has 1 aliphatic rings. The van der Waals surface area contributed by atoms with Crippen LogP contribution in [0.1, 0.15) is 50.5 Å². The largest absolute Gasteiger partial charge is 0.480 e. The maximum absolute atomic E-state index is 13.3. The topological polar surface area (TPSA) is 369 Å². The van der Waals surface area contributed by atoms with E-state index >= 15 is 0 Å².